The van der Waals surface area contributed by atoms with Gasteiger partial charge in [-0.1, -0.05) is 23.8 Å². The Morgan fingerprint density at radius 2 is 1.88 bits per heavy atom. The van der Waals surface area contributed by atoms with Gasteiger partial charge in [-0.15, -0.1) is 0 Å². The van der Waals surface area contributed by atoms with Crippen molar-refractivity contribution in [3.63, 3.8) is 0 Å². The Balaban J connectivity index is 2.19. The van der Waals surface area contributed by atoms with Crippen LogP contribution in [-0.2, 0) is 7.05 Å². The number of benzene rings is 2. The lowest BCUT2D eigenvalue weighted by molar-refractivity contribution is 0.478. The summed E-state index contributed by atoms with van der Waals surface area (Å²) in [6, 6.07) is 7.99. The number of aryl methyl sites for hydroxylation is 1. The second-order valence-corrected chi connectivity index (χ2v) is 6.53. The van der Waals surface area contributed by atoms with Crippen LogP contribution in [0.25, 0.3) is 10.9 Å². The molecule has 0 amide bonds. The lowest BCUT2D eigenvalue weighted by Crippen LogP contribution is -2.33. The minimum atomic E-state index is -1.04. The van der Waals surface area contributed by atoms with E-state index in [0.717, 1.165) is 12.1 Å². The topological polar surface area (TPSA) is 45.5 Å². The molecule has 4 nitrogen and oxygen atoms in total. The molecule has 0 saturated heterocycles. The number of rotatable bonds is 2. The maximum absolute atomic E-state index is 13.5. The maximum Gasteiger partial charge on any atom is 0.264 e. The van der Waals surface area contributed by atoms with Gasteiger partial charge >= 0.3 is 0 Å². The zero-order valence-corrected chi connectivity index (χ0v) is 15.3. The minimum absolute atomic E-state index is 0.0315. The van der Waals surface area contributed by atoms with Crippen LogP contribution in [0.2, 0.25) is 5.02 Å². The Hall–Kier alpha value is -2.51. The molecule has 134 valence electrons. The number of anilines is 1. The molecule has 0 fully saturated rings. The summed E-state index contributed by atoms with van der Waals surface area (Å²) in [5.74, 6) is -2.35. The van der Waals surface area contributed by atoms with E-state index in [9.17, 15) is 18.7 Å². The largest absolute Gasteiger partial charge is 0.506 e. The van der Waals surface area contributed by atoms with Gasteiger partial charge in [0.25, 0.3) is 5.56 Å². The second kappa shape index (κ2) is 6.66. The number of thiocarbonyl (C=S) groups is 1. The molecule has 1 aromatic heterocycles. The first-order chi connectivity index (χ1) is 12.2. The Bertz CT molecular complexity index is 1110. The van der Waals surface area contributed by atoms with Gasteiger partial charge in [0, 0.05) is 36.3 Å². The normalized spacial score (nSPS) is 11.0. The highest BCUT2D eigenvalue weighted by Crippen LogP contribution is 2.30. The van der Waals surface area contributed by atoms with Crippen LogP contribution in [0.5, 0.6) is 5.75 Å². The lowest BCUT2D eigenvalue weighted by Gasteiger charge is -2.22. The monoisotopic (exact) mass is 394 g/mol. The summed E-state index contributed by atoms with van der Waals surface area (Å²) in [7, 11) is 3.04. The molecule has 8 heteroatoms. The van der Waals surface area contributed by atoms with Crippen molar-refractivity contribution in [3.8, 4) is 5.75 Å². The number of aromatic hydroxyl groups is 1. The van der Waals surface area contributed by atoms with E-state index in [1.165, 1.54) is 28.6 Å². The number of halogens is 3. The van der Waals surface area contributed by atoms with Gasteiger partial charge in [-0.25, -0.2) is 8.78 Å². The molecular weight excluding hydrogens is 382 g/mol. The van der Waals surface area contributed by atoms with Gasteiger partial charge in [0.1, 0.15) is 16.3 Å². The molecule has 2 aromatic carbocycles. The van der Waals surface area contributed by atoms with Gasteiger partial charge in [-0.05, 0) is 30.3 Å². The van der Waals surface area contributed by atoms with Gasteiger partial charge in [0.2, 0.25) is 0 Å². The van der Waals surface area contributed by atoms with E-state index in [-0.39, 0.29) is 22.0 Å². The molecule has 1 heterocycles. The van der Waals surface area contributed by atoms with Crippen LogP contribution >= 0.6 is 23.8 Å². The predicted molar refractivity (Wildman–Crippen MR) is 102 cm³/mol. The summed E-state index contributed by atoms with van der Waals surface area (Å²) >= 11 is 11.3. The third-order valence-corrected chi connectivity index (χ3v) is 4.85. The van der Waals surface area contributed by atoms with Crippen LogP contribution in [0.4, 0.5) is 14.5 Å². The Morgan fingerprint density at radius 1 is 1.19 bits per heavy atom. The number of pyridine rings is 1. The number of aromatic nitrogens is 1. The summed E-state index contributed by atoms with van der Waals surface area (Å²) in [5.41, 5.74) is 0.0849. The third-order valence-electron chi connectivity index (χ3n) is 4.14. The smallest absolute Gasteiger partial charge is 0.264 e. The highest BCUT2D eigenvalue weighted by Gasteiger charge is 2.22. The molecule has 3 rings (SSSR count). The maximum atomic E-state index is 13.5. The lowest BCUT2D eigenvalue weighted by atomic mass is 10.1. The fraction of sp³-hybridized carbons (Fsp3) is 0.111. The minimum Gasteiger partial charge on any atom is -0.506 e. The van der Waals surface area contributed by atoms with E-state index in [4.69, 9.17) is 23.8 Å². The van der Waals surface area contributed by atoms with Crippen LogP contribution in [0.3, 0.4) is 0 Å². The van der Waals surface area contributed by atoms with Gasteiger partial charge in [-0.3, -0.25) is 4.79 Å². The van der Waals surface area contributed by atoms with Crippen molar-refractivity contribution in [1.29, 1.82) is 0 Å². The van der Waals surface area contributed by atoms with Crippen molar-refractivity contribution in [3.05, 3.63) is 69.0 Å². The molecule has 1 N–H and O–H groups in total. The summed E-state index contributed by atoms with van der Waals surface area (Å²) < 4.78 is 28.0. The van der Waals surface area contributed by atoms with Crippen LogP contribution in [-0.4, -0.2) is 21.7 Å². The molecule has 26 heavy (non-hydrogen) atoms. The molecule has 0 bridgehead atoms. The fourth-order valence-electron chi connectivity index (χ4n) is 2.67. The van der Waals surface area contributed by atoms with E-state index in [1.807, 2.05) is 0 Å². The quantitative estimate of drug-likeness (QED) is 0.668. The Labute approximate surface area is 157 Å². The summed E-state index contributed by atoms with van der Waals surface area (Å²) in [4.78, 5) is 14.0. The van der Waals surface area contributed by atoms with Crippen molar-refractivity contribution in [2.75, 3.05) is 11.9 Å². The van der Waals surface area contributed by atoms with Crippen LogP contribution in [0, 0.1) is 11.6 Å². The summed E-state index contributed by atoms with van der Waals surface area (Å²) in [5, 5.41) is 11.4. The molecule has 0 atom stereocenters. The highest BCUT2D eigenvalue weighted by molar-refractivity contribution is 7.81. The van der Waals surface area contributed by atoms with Gasteiger partial charge in [0.05, 0.1) is 5.52 Å². The molecule has 0 aliphatic heterocycles. The van der Waals surface area contributed by atoms with Gasteiger partial charge < -0.3 is 14.6 Å². The van der Waals surface area contributed by atoms with E-state index >= 15 is 0 Å². The molecule has 0 unspecified atom stereocenters. The SMILES string of the molecule is CN(C(=S)c1c(O)c2cc(Cl)ccc2n(C)c1=O)c1ccc(F)c(F)c1. The average Bonchev–Trinajstić information content (AvgIpc) is 2.61. The van der Waals surface area contributed by atoms with E-state index in [1.54, 1.807) is 19.2 Å². The van der Waals surface area contributed by atoms with Crippen molar-refractivity contribution < 1.29 is 13.9 Å². The van der Waals surface area contributed by atoms with E-state index < -0.39 is 17.2 Å². The van der Waals surface area contributed by atoms with E-state index in [0.29, 0.717) is 15.9 Å². The predicted octanol–water partition coefficient (Wildman–Crippen LogP) is 3.99. The van der Waals surface area contributed by atoms with Gasteiger partial charge in [-0.2, -0.15) is 0 Å². The fourth-order valence-corrected chi connectivity index (χ4v) is 3.14. The van der Waals surface area contributed by atoms with Crippen molar-refractivity contribution in [2.24, 2.45) is 7.05 Å². The first-order valence-electron chi connectivity index (χ1n) is 7.46. The summed E-state index contributed by atoms with van der Waals surface area (Å²) in [6.45, 7) is 0. The number of fused-ring (bicyclic) bond motifs is 1. The number of hydrogen-bond donors (Lipinski definition) is 1. The first kappa shape index (κ1) is 18.3. The van der Waals surface area contributed by atoms with Crippen molar-refractivity contribution >= 4 is 45.4 Å². The molecule has 0 radical (unpaired) electrons. The Morgan fingerprint density at radius 3 is 2.54 bits per heavy atom. The number of hydrogen-bond acceptors (Lipinski definition) is 3. The van der Waals surface area contributed by atoms with Gasteiger partial charge in [0.15, 0.2) is 11.6 Å². The van der Waals surface area contributed by atoms with Crippen LogP contribution in [0.15, 0.2) is 41.2 Å². The highest BCUT2D eigenvalue weighted by atomic mass is 35.5. The molecule has 0 spiro atoms. The molecular formula is C18H13ClF2N2O2S. The second-order valence-electron chi connectivity index (χ2n) is 5.71. The summed E-state index contributed by atoms with van der Waals surface area (Å²) in [6.07, 6.45) is 0. The zero-order chi connectivity index (χ0) is 19.2. The molecule has 0 aliphatic rings. The average molecular weight is 395 g/mol. The molecule has 3 aromatic rings. The Kier molecular flexibility index (Phi) is 4.68. The van der Waals surface area contributed by atoms with Crippen LogP contribution < -0.4 is 10.5 Å². The van der Waals surface area contributed by atoms with Crippen molar-refractivity contribution in [2.45, 2.75) is 0 Å². The standard InChI is InChI=1S/C18H13ClF2N2O2S/c1-22(10-4-5-12(20)13(21)8-10)18(26)15-16(24)11-7-9(19)3-6-14(11)23(2)17(15)25/h3-8,24H,1-2H3. The molecule has 0 aliphatic carbocycles. The third kappa shape index (κ3) is 2.93. The number of nitrogens with zero attached hydrogens (tertiary/aromatic N) is 2. The van der Waals surface area contributed by atoms with Crippen molar-refractivity contribution in [1.82, 2.24) is 4.57 Å². The molecule has 0 saturated carbocycles. The van der Waals surface area contributed by atoms with E-state index in [2.05, 4.69) is 0 Å². The van der Waals surface area contributed by atoms with Crippen LogP contribution in [0.1, 0.15) is 5.56 Å². The first-order valence-corrected chi connectivity index (χ1v) is 8.25. The zero-order valence-electron chi connectivity index (χ0n) is 13.8.